The van der Waals surface area contributed by atoms with E-state index in [0.29, 0.717) is 6.04 Å². The van der Waals surface area contributed by atoms with Gasteiger partial charge >= 0.3 is 0 Å². The Hall–Kier alpha value is -0.120. The lowest BCUT2D eigenvalue weighted by Gasteiger charge is -2.28. The fourth-order valence-corrected chi connectivity index (χ4v) is 2.42. The topological polar surface area (TPSA) is 24.5 Å². The molecule has 3 heteroatoms. The van der Waals surface area contributed by atoms with Crippen LogP contribution in [0, 0.1) is 0 Å². The minimum absolute atomic E-state index is 0.597. The van der Waals surface area contributed by atoms with Crippen molar-refractivity contribution in [1.29, 1.82) is 0 Å². The van der Waals surface area contributed by atoms with Crippen LogP contribution in [0.1, 0.15) is 26.2 Å². The molecule has 0 aromatic rings. The molecule has 0 spiro atoms. The van der Waals surface area contributed by atoms with Gasteiger partial charge in [-0.3, -0.25) is 4.90 Å². The maximum absolute atomic E-state index is 5.54. The molecular weight excluding hydrogens is 176 g/mol. The highest BCUT2D eigenvalue weighted by atomic mass is 16.5. The SMILES string of the molecule is CC1COCCCN1CC1CCCN1. The molecule has 0 saturated carbocycles. The summed E-state index contributed by atoms with van der Waals surface area (Å²) < 4.78 is 5.54. The van der Waals surface area contributed by atoms with Crippen molar-refractivity contribution in [1.82, 2.24) is 10.2 Å². The molecule has 0 aromatic heterocycles. The highest BCUT2D eigenvalue weighted by Gasteiger charge is 2.22. The Balaban J connectivity index is 1.81. The number of ether oxygens (including phenoxy) is 1. The molecule has 2 fully saturated rings. The van der Waals surface area contributed by atoms with Crippen LogP contribution in [0.3, 0.4) is 0 Å². The third-order valence-electron chi connectivity index (χ3n) is 3.33. The fourth-order valence-electron chi connectivity index (χ4n) is 2.42. The minimum Gasteiger partial charge on any atom is -0.380 e. The third kappa shape index (κ3) is 2.69. The summed E-state index contributed by atoms with van der Waals surface area (Å²) >= 11 is 0. The van der Waals surface area contributed by atoms with Crippen LogP contribution in [-0.2, 0) is 4.74 Å². The van der Waals surface area contributed by atoms with Crippen molar-refractivity contribution < 1.29 is 4.74 Å². The second kappa shape index (κ2) is 5.10. The van der Waals surface area contributed by atoms with E-state index in [0.717, 1.165) is 19.3 Å². The zero-order valence-corrected chi connectivity index (χ0v) is 9.17. The summed E-state index contributed by atoms with van der Waals surface area (Å²) in [6.45, 7) is 7.76. The van der Waals surface area contributed by atoms with Crippen LogP contribution in [0.4, 0.5) is 0 Å². The van der Waals surface area contributed by atoms with Gasteiger partial charge in [-0.15, -0.1) is 0 Å². The Labute approximate surface area is 86.8 Å². The molecule has 0 aromatic carbocycles. The summed E-state index contributed by atoms with van der Waals surface area (Å²) in [6, 6.07) is 1.33. The Kier molecular flexibility index (Phi) is 3.79. The first-order valence-electron chi connectivity index (χ1n) is 5.91. The van der Waals surface area contributed by atoms with Crippen LogP contribution in [0.2, 0.25) is 0 Å². The van der Waals surface area contributed by atoms with E-state index in [2.05, 4.69) is 17.1 Å². The standard InChI is InChI=1S/C11H22N2O/c1-10-9-14-7-3-6-13(10)8-11-4-2-5-12-11/h10-12H,2-9H2,1H3. The molecule has 0 radical (unpaired) electrons. The molecule has 1 N–H and O–H groups in total. The smallest absolute Gasteiger partial charge is 0.0619 e. The molecule has 2 atom stereocenters. The molecule has 2 unspecified atom stereocenters. The highest BCUT2D eigenvalue weighted by Crippen LogP contribution is 2.12. The zero-order chi connectivity index (χ0) is 9.80. The van der Waals surface area contributed by atoms with Crippen molar-refractivity contribution in [2.45, 2.75) is 38.3 Å². The van der Waals surface area contributed by atoms with Gasteiger partial charge in [0.1, 0.15) is 0 Å². The first kappa shape index (κ1) is 10.4. The molecule has 0 bridgehead atoms. The molecule has 0 aliphatic carbocycles. The fraction of sp³-hybridized carbons (Fsp3) is 1.00. The van der Waals surface area contributed by atoms with Crippen LogP contribution in [0.25, 0.3) is 0 Å². The predicted octanol–water partition coefficient (Wildman–Crippen LogP) is 0.849. The lowest BCUT2D eigenvalue weighted by molar-refractivity contribution is 0.105. The van der Waals surface area contributed by atoms with Gasteiger partial charge in [0, 0.05) is 31.8 Å². The van der Waals surface area contributed by atoms with Gasteiger partial charge in [-0.1, -0.05) is 0 Å². The third-order valence-corrected chi connectivity index (χ3v) is 3.33. The normalized spacial score (nSPS) is 35.8. The largest absolute Gasteiger partial charge is 0.380 e. The lowest BCUT2D eigenvalue weighted by Crippen LogP contribution is -2.43. The van der Waals surface area contributed by atoms with Crippen molar-refractivity contribution >= 4 is 0 Å². The van der Waals surface area contributed by atoms with E-state index in [1.807, 2.05) is 0 Å². The Morgan fingerprint density at radius 2 is 2.36 bits per heavy atom. The van der Waals surface area contributed by atoms with E-state index in [9.17, 15) is 0 Å². The van der Waals surface area contributed by atoms with Crippen LogP contribution in [0.15, 0.2) is 0 Å². The number of hydrogen-bond donors (Lipinski definition) is 1. The molecule has 2 rings (SSSR count). The molecule has 2 aliphatic rings. The minimum atomic E-state index is 0.597. The molecule has 2 aliphatic heterocycles. The summed E-state index contributed by atoms with van der Waals surface area (Å²) in [7, 11) is 0. The van der Waals surface area contributed by atoms with Crippen LogP contribution < -0.4 is 5.32 Å². The second-order valence-electron chi connectivity index (χ2n) is 4.57. The average Bonchev–Trinajstić information content (AvgIpc) is 2.60. The lowest BCUT2D eigenvalue weighted by atomic mass is 10.2. The van der Waals surface area contributed by atoms with Gasteiger partial charge in [0.2, 0.25) is 0 Å². The summed E-state index contributed by atoms with van der Waals surface area (Å²) in [6.07, 6.45) is 3.89. The van der Waals surface area contributed by atoms with E-state index in [-0.39, 0.29) is 0 Å². The maximum Gasteiger partial charge on any atom is 0.0619 e. The summed E-state index contributed by atoms with van der Waals surface area (Å²) in [5.74, 6) is 0. The Bertz CT molecular complexity index is 169. The van der Waals surface area contributed by atoms with Crippen LogP contribution in [-0.4, -0.2) is 49.8 Å². The zero-order valence-electron chi connectivity index (χ0n) is 9.17. The molecule has 0 amide bonds. The second-order valence-corrected chi connectivity index (χ2v) is 4.57. The van der Waals surface area contributed by atoms with Crippen molar-refractivity contribution in [3.63, 3.8) is 0 Å². The molecule has 2 heterocycles. The summed E-state index contributed by atoms with van der Waals surface area (Å²) in [4.78, 5) is 2.58. The van der Waals surface area contributed by atoms with E-state index < -0.39 is 0 Å². The molecular formula is C11H22N2O. The van der Waals surface area contributed by atoms with Crippen molar-refractivity contribution in [2.75, 3.05) is 32.8 Å². The number of nitrogens with zero attached hydrogens (tertiary/aromatic N) is 1. The monoisotopic (exact) mass is 198 g/mol. The summed E-state index contributed by atoms with van der Waals surface area (Å²) in [5.41, 5.74) is 0. The first-order valence-corrected chi connectivity index (χ1v) is 5.91. The van der Waals surface area contributed by atoms with E-state index in [1.165, 1.54) is 38.9 Å². The van der Waals surface area contributed by atoms with Crippen LogP contribution >= 0.6 is 0 Å². The van der Waals surface area contributed by atoms with Crippen LogP contribution in [0.5, 0.6) is 0 Å². The van der Waals surface area contributed by atoms with Gasteiger partial charge in [0.15, 0.2) is 0 Å². The van der Waals surface area contributed by atoms with Gasteiger partial charge < -0.3 is 10.1 Å². The van der Waals surface area contributed by atoms with E-state index in [4.69, 9.17) is 4.74 Å². The number of nitrogens with one attached hydrogen (secondary N) is 1. The van der Waals surface area contributed by atoms with E-state index in [1.54, 1.807) is 0 Å². The molecule has 14 heavy (non-hydrogen) atoms. The summed E-state index contributed by atoms with van der Waals surface area (Å²) in [5, 5.41) is 3.56. The van der Waals surface area contributed by atoms with Crippen molar-refractivity contribution in [3.8, 4) is 0 Å². The van der Waals surface area contributed by atoms with Gasteiger partial charge in [0.25, 0.3) is 0 Å². The molecule has 2 saturated heterocycles. The van der Waals surface area contributed by atoms with Gasteiger partial charge in [-0.2, -0.15) is 0 Å². The Morgan fingerprint density at radius 3 is 3.14 bits per heavy atom. The molecule has 3 nitrogen and oxygen atoms in total. The number of hydrogen-bond acceptors (Lipinski definition) is 3. The van der Waals surface area contributed by atoms with Gasteiger partial charge in [0.05, 0.1) is 6.61 Å². The van der Waals surface area contributed by atoms with Crippen molar-refractivity contribution in [3.05, 3.63) is 0 Å². The van der Waals surface area contributed by atoms with Gasteiger partial charge in [-0.05, 0) is 32.7 Å². The highest BCUT2D eigenvalue weighted by molar-refractivity contribution is 4.80. The predicted molar refractivity (Wildman–Crippen MR) is 57.5 cm³/mol. The molecule has 82 valence electrons. The van der Waals surface area contributed by atoms with Crippen molar-refractivity contribution in [2.24, 2.45) is 0 Å². The average molecular weight is 198 g/mol. The maximum atomic E-state index is 5.54. The first-order chi connectivity index (χ1) is 6.86. The van der Waals surface area contributed by atoms with Gasteiger partial charge in [-0.25, -0.2) is 0 Å². The number of rotatable bonds is 2. The quantitative estimate of drug-likeness (QED) is 0.712. The van der Waals surface area contributed by atoms with E-state index >= 15 is 0 Å². The Morgan fingerprint density at radius 1 is 1.43 bits per heavy atom.